The normalized spacial score (nSPS) is 10.0. The van der Waals surface area contributed by atoms with E-state index in [0.717, 1.165) is 15.6 Å². The topological polar surface area (TPSA) is 37.3 Å². The lowest BCUT2D eigenvalue weighted by Gasteiger charge is -2.06. The minimum Gasteiger partial charge on any atom is -0.481 e. The summed E-state index contributed by atoms with van der Waals surface area (Å²) in [5.74, 6) is -0.805. The van der Waals surface area contributed by atoms with Crippen molar-refractivity contribution in [2.75, 3.05) is 0 Å². The van der Waals surface area contributed by atoms with Gasteiger partial charge in [-0.1, -0.05) is 44.0 Å². The van der Waals surface area contributed by atoms with Crippen LogP contribution in [0.1, 0.15) is 11.1 Å². The molecule has 1 rings (SSSR count). The SMILES string of the molecule is O=C(O)Cc1cccc(Br)c1CBr. The van der Waals surface area contributed by atoms with Gasteiger partial charge in [-0.2, -0.15) is 0 Å². The molecule has 0 spiro atoms. The van der Waals surface area contributed by atoms with E-state index in [9.17, 15) is 4.79 Å². The third kappa shape index (κ3) is 2.81. The molecular weight excluding hydrogens is 300 g/mol. The smallest absolute Gasteiger partial charge is 0.307 e. The summed E-state index contributed by atoms with van der Waals surface area (Å²) in [6.45, 7) is 0. The van der Waals surface area contributed by atoms with Crippen LogP contribution in [0.15, 0.2) is 22.7 Å². The average Bonchev–Trinajstić information content (AvgIpc) is 2.03. The molecular formula is C9H8Br2O2. The molecule has 0 aromatic heterocycles. The fraction of sp³-hybridized carbons (Fsp3) is 0.222. The summed E-state index contributed by atoms with van der Waals surface area (Å²) in [5.41, 5.74) is 1.85. The van der Waals surface area contributed by atoms with Crippen LogP contribution in [-0.4, -0.2) is 11.1 Å². The van der Waals surface area contributed by atoms with Crippen LogP contribution in [0.5, 0.6) is 0 Å². The third-order valence-corrected chi connectivity index (χ3v) is 2.99. The second-order valence-electron chi connectivity index (χ2n) is 2.58. The van der Waals surface area contributed by atoms with Crippen LogP contribution in [0.3, 0.4) is 0 Å². The Morgan fingerprint density at radius 2 is 2.15 bits per heavy atom. The van der Waals surface area contributed by atoms with E-state index in [-0.39, 0.29) is 6.42 Å². The fourth-order valence-corrected chi connectivity index (χ4v) is 2.67. The zero-order valence-electron chi connectivity index (χ0n) is 6.76. The van der Waals surface area contributed by atoms with Gasteiger partial charge in [0.15, 0.2) is 0 Å². The molecule has 0 bridgehead atoms. The molecule has 0 saturated heterocycles. The molecule has 0 amide bonds. The molecule has 2 nitrogen and oxygen atoms in total. The molecule has 1 aromatic rings. The zero-order chi connectivity index (χ0) is 9.84. The van der Waals surface area contributed by atoms with Gasteiger partial charge in [0.25, 0.3) is 0 Å². The lowest BCUT2D eigenvalue weighted by atomic mass is 10.1. The summed E-state index contributed by atoms with van der Waals surface area (Å²) in [6.07, 6.45) is 0.0698. The summed E-state index contributed by atoms with van der Waals surface area (Å²) in [4.78, 5) is 10.5. The lowest BCUT2D eigenvalue weighted by molar-refractivity contribution is -0.136. The van der Waals surface area contributed by atoms with E-state index in [4.69, 9.17) is 5.11 Å². The highest BCUT2D eigenvalue weighted by Gasteiger charge is 2.08. The minimum atomic E-state index is -0.805. The molecule has 0 aliphatic carbocycles. The molecule has 0 heterocycles. The number of carboxylic acids is 1. The number of hydrogen-bond donors (Lipinski definition) is 1. The van der Waals surface area contributed by atoms with Crippen LogP contribution in [0.2, 0.25) is 0 Å². The number of halogens is 2. The quantitative estimate of drug-likeness (QED) is 0.872. The maximum absolute atomic E-state index is 10.5. The van der Waals surface area contributed by atoms with Crippen molar-refractivity contribution in [1.82, 2.24) is 0 Å². The maximum atomic E-state index is 10.5. The maximum Gasteiger partial charge on any atom is 0.307 e. The first-order valence-electron chi connectivity index (χ1n) is 3.69. The van der Waals surface area contributed by atoms with E-state index in [0.29, 0.717) is 5.33 Å². The average molecular weight is 308 g/mol. The van der Waals surface area contributed by atoms with Crippen molar-refractivity contribution in [3.63, 3.8) is 0 Å². The number of carboxylic acid groups (broad SMARTS) is 1. The number of benzene rings is 1. The van der Waals surface area contributed by atoms with E-state index in [1.165, 1.54) is 0 Å². The second-order valence-corrected chi connectivity index (χ2v) is 4.00. The molecule has 1 aromatic carbocycles. The van der Waals surface area contributed by atoms with Gasteiger partial charge in [0.05, 0.1) is 6.42 Å². The number of alkyl halides is 1. The summed E-state index contributed by atoms with van der Waals surface area (Å²) in [5, 5.41) is 9.31. The Morgan fingerprint density at radius 1 is 1.46 bits per heavy atom. The van der Waals surface area contributed by atoms with Gasteiger partial charge in [0.1, 0.15) is 0 Å². The second kappa shape index (κ2) is 4.77. The molecule has 0 aliphatic heterocycles. The standard InChI is InChI=1S/C9H8Br2O2/c10-5-7-6(4-9(12)13)2-1-3-8(7)11/h1-3H,4-5H2,(H,12,13). The highest BCUT2D eigenvalue weighted by molar-refractivity contribution is 9.10. The first-order valence-corrected chi connectivity index (χ1v) is 5.60. The molecule has 0 atom stereocenters. The van der Waals surface area contributed by atoms with Crippen LogP contribution >= 0.6 is 31.9 Å². The predicted octanol–water partition coefficient (Wildman–Crippen LogP) is 2.97. The highest BCUT2D eigenvalue weighted by atomic mass is 79.9. The molecule has 70 valence electrons. The Morgan fingerprint density at radius 3 is 2.69 bits per heavy atom. The van der Waals surface area contributed by atoms with Crippen molar-refractivity contribution in [2.45, 2.75) is 11.8 Å². The number of hydrogen-bond acceptors (Lipinski definition) is 1. The van der Waals surface area contributed by atoms with E-state index >= 15 is 0 Å². The number of carbonyl (C=O) groups is 1. The Balaban J connectivity index is 3.05. The first kappa shape index (κ1) is 10.7. The van der Waals surface area contributed by atoms with Crippen molar-refractivity contribution in [3.05, 3.63) is 33.8 Å². The Hall–Kier alpha value is -0.350. The van der Waals surface area contributed by atoms with Crippen LogP contribution in [0.4, 0.5) is 0 Å². The van der Waals surface area contributed by atoms with Gasteiger partial charge in [-0.15, -0.1) is 0 Å². The van der Waals surface area contributed by atoms with Crippen molar-refractivity contribution in [1.29, 1.82) is 0 Å². The van der Waals surface area contributed by atoms with Crippen LogP contribution in [0.25, 0.3) is 0 Å². The fourth-order valence-electron chi connectivity index (χ4n) is 1.08. The molecule has 0 radical (unpaired) electrons. The highest BCUT2D eigenvalue weighted by Crippen LogP contribution is 2.23. The summed E-state index contributed by atoms with van der Waals surface area (Å²) < 4.78 is 0.947. The molecule has 0 saturated carbocycles. The van der Waals surface area contributed by atoms with Crippen molar-refractivity contribution in [3.8, 4) is 0 Å². The summed E-state index contributed by atoms with van der Waals surface area (Å²) >= 11 is 6.70. The van der Waals surface area contributed by atoms with Gasteiger partial charge in [-0.3, -0.25) is 4.79 Å². The van der Waals surface area contributed by atoms with Gasteiger partial charge in [0.2, 0.25) is 0 Å². The zero-order valence-corrected chi connectivity index (χ0v) is 9.93. The predicted molar refractivity (Wildman–Crippen MR) is 58.1 cm³/mol. The minimum absolute atomic E-state index is 0.0698. The molecule has 4 heteroatoms. The summed E-state index contributed by atoms with van der Waals surface area (Å²) in [6, 6.07) is 5.58. The summed E-state index contributed by atoms with van der Waals surface area (Å²) in [7, 11) is 0. The van der Waals surface area contributed by atoms with Crippen molar-refractivity contribution >= 4 is 37.8 Å². The van der Waals surface area contributed by atoms with Gasteiger partial charge in [-0.25, -0.2) is 0 Å². The van der Waals surface area contributed by atoms with E-state index in [1.807, 2.05) is 18.2 Å². The molecule has 0 aliphatic rings. The molecule has 0 unspecified atom stereocenters. The van der Waals surface area contributed by atoms with Crippen molar-refractivity contribution in [2.24, 2.45) is 0 Å². The van der Waals surface area contributed by atoms with Gasteiger partial charge >= 0.3 is 5.97 Å². The number of aliphatic carboxylic acids is 1. The molecule has 1 N–H and O–H groups in total. The largest absolute Gasteiger partial charge is 0.481 e. The number of rotatable bonds is 3. The molecule has 13 heavy (non-hydrogen) atoms. The third-order valence-electron chi connectivity index (χ3n) is 1.69. The van der Waals surface area contributed by atoms with Crippen LogP contribution in [0, 0.1) is 0 Å². The van der Waals surface area contributed by atoms with Gasteiger partial charge in [0, 0.05) is 9.80 Å². The van der Waals surface area contributed by atoms with Crippen LogP contribution in [-0.2, 0) is 16.5 Å². The Labute approximate surface area is 93.2 Å². The lowest BCUT2D eigenvalue weighted by Crippen LogP contribution is -2.03. The van der Waals surface area contributed by atoms with E-state index in [2.05, 4.69) is 31.9 Å². The first-order chi connectivity index (χ1) is 6.15. The molecule has 0 fully saturated rings. The van der Waals surface area contributed by atoms with Crippen molar-refractivity contribution < 1.29 is 9.90 Å². The van der Waals surface area contributed by atoms with Gasteiger partial charge in [-0.05, 0) is 17.2 Å². The van der Waals surface area contributed by atoms with E-state index < -0.39 is 5.97 Å². The monoisotopic (exact) mass is 306 g/mol. The Bertz CT molecular complexity index is 323. The van der Waals surface area contributed by atoms with Gasteiger partial charge < -0.3 is 5.11 Å². The van der Waals surface area contributed by atoms with E-state index in [1.54, 1.807) is 0 Å². The van der Waals surface area contributed by atoms with Crippen LogP contribution < -0.4 is 0 Å². The Kier molecular flexibility index (Phi) is 3.93.